The normalized spacial score (nSPS) is 11.0. The third kappa shape index (κ3) is 2.54. The van der Waals surface area contributed by atoms with Gasteiger partial charge in [-0.3, -0.25) is 4.79 Å². The summed E-state index contributed by atoms with van der Waals surface area (Å²) < 4.78 is 12.0. The number of carbonyl (C=O) groups excluding carboxylic acids is 1. The molecule has 1 aromatic heterocycles. The minimum Gasteiger partial charge on any atom is -0.497 e. The Morgan fingerprint density at radius 3 is 2.68 bits per heavy atom. The van der Waals surface area contributed by atoms with Crippen molar-refractivity contribution in [2.75, 3.05) is 14.2 Å². The van der Waals surface area contributed by atoms with E-state index in [1.807, 2.05) is 22.8 Å². The van der Waals surface area contributed by atoms with Gasteiger partial charge in [-0.2, -0.15) is 0 Å². The summed E-state index contributed by atoms with van der Waals surface area (Å²) >= 11 is 0. The Balaban J connectivity index is 2.55. The van der Waals surface area contributed by atoms with Crippen molar-refractivity contribution in [3.8, 4) is 5.75 Å². The molecule has 0 N–H and O–H groups in total. The highest BCUT2D eigenvalue weighted by atomic mass is 16.5. The molecule has 0 fully saturated rings. The number of aromatic nitrogens is 2. The van der Waals surface area contributed by atoms with E-state index in [0.29, 0.717) is 5.82 Å². The third-order valence-electron chi connectivity index (χ3n) is 3.02. The van der Waals surface area contributed by atoms with Crippen LogP contribution in [0.4, 0.5) is 0 Å². The van der Waals surface area contributed by atoms with Gasteiger partial charge < -0.3 is 14.0 Å². The molecule has 1 aromatic carbocycles. The lowest BCUT2D eigenvalue weighted by atomic mass is 10.2. The number of rotatable bonds is 4. The number of fused-ring (bicyclic) bond motifs is 1. The minimum atomic E-state index is -0.288. The van der Waals surface area contributed by atoms with Crippen LogP contribution in [0.15, 0.2) is 18.2 Å². The molecule has 1 heterocycles. The van der Waals surface area contributed by atoms with Crippen molar-refractivity contribution in [1.82, 2.24) is 9.55 Å². The molecule has 2 aromatic rings. The molecule has 0 aliphatic rings. The Bertz CT molecular complexity index is 602. The lowest BCUT2D eigenvalue weighted by Gasteiger charge is -2.12. The first-order chi connectivity index (χ1) is 9.06. The van der Waals surface area contributed by atoms with Gasteiger partial charge in [-0.25, -0.2) is 4.98 Å². The van der Waals surface area contributed by atoms with Crippen LogP contribution >= 0.6 is 0 Å². The van der Waals surface area contributed by atoms with Gasteiger partial charge in [-0.1, -0.05) is 0 Å². The number of esters is 1. The molecule has 0 bridgehead atoms. The van der Waals surface area contributed by atoms with Crippen LogP contribution in [0.1, 0.15) is 25.7 Å². The largest absolute Gasteiger partial charge is 0.497 e. The summed E-state index contributed by atoms with van der Waals surface area (Å²) in [7, 11) is 3.00. The molecular formula is C14H18N2O3. The number of hydrogen-bond acceptors (Lipinski definition) is 4. The quantitative estimate of drug-likeness (QED) is 0.794. The second kappa shape index (κ2) is 5.30. The number of methoxy groups -OCH3 is 2. The van der Waals surface area contributed by atoms with Crippen LogP contribution in [0, 0.1) is 0 Å². The van der Waals surface area contributed by atoms with E-state index in [2.05, 4.69) is 18.8 Å². The van der Waals surface area contributed by atoms with Crippen molar-refractivity contribution in [1.29, 1.82) is 0 Å². The molecule has 0 atom stereocenters. The first kappa shape index (κ1) is 13.4. The zero-order valence-corrected chi connectivity index (χ0v) is 11.6. The van der Waals surface area contributed by atoms with E-state index in [9.17, 15) is 4.79 Å². The summed E-state index contributed by atoms with van der Waals surface area (Å²) in [6.45, 7) is 4.12. The molecule has 0 unspecified atom stereocenters. The molecule has 0 amide bonds. The zero-order chi connectivity index (χ0) is 14.0. The number of benzene rings is 1. The molecule has 0 saturated heterocycles. The third-order valence-corrected chi connectivity index (χ3v) is 3.02. The second-order valence-corrected chi connectivity index (χ2v) is 4.60. The predicted molar refractivity (Wildman–Crippen MR) is 72.4 cm³/mol. The van der Waals surface area contributed by atoms with Gasteiger partial charge in [0.25, 0.3) is 0 Å². The molecule has 2 rings (SSSR count). The number of imidazole rings is 1. The summed E-state index contributed by atoms with van der Waals surface area (Å²) in [4.78, 5) is 16.0. The predicted octanol–water partition coefficient (Wildman–Crippen LogP) is 2.34. The topological polar surface area (TPSA) is 53.4 Å². The van der Waals surface area contributed by atoms with Crippen LogP contribution in [0.25, 0.3) is 11.0 Å². The monoisotopic (exact) mass is 262 g/mol. The summed E-state index contributed by atoms with van der Waals surface area (Å²) in [6, 6.07) is 5.94. The van der Waals surface area contributed by atoms with Crippen LogP contribution in [-0.2, 0) is 16.0 Å². The van der Waals surface area contributed by atoms with E-state index in [1.165, 1.54) is 7.11 Å². The first-order valence-corrected chi connectivity index (χ1v) is 6.18. The Labute approximate surface area is 112 Å². The average Bonchev–Trinajstić information content (AvgIpc) is 2.74. The van der Waals surface area contributed by atoms with Crippen LogP contribution < -0.4 is 4.74 Å². The maximum absolute atomic E-state index is 11.5. The maximum Gasteiger partial charge on any atom is 0.313 e. The lowest BCUT2D eigenvalue weighted by Crippen LogP contribution is -2.12. The van der Waals surface area contributed by atoms with Crippen LogP contribution in [-0.4, -0.2) is 29.7 Å². The van der Waals surface area contributed by atoms with E-state index in [1.54, 1.807) is 7.11 Å². The summed E-state index contributed by atoms with van der Waals surface area (Å²) in [6.07, 6.45) is 0.172. The number of nitrogens with zero attached hydrogens (tertiary/aromatic N) is 2. The highest BCUT2D eigenvalue weighted by Gasteiger charge is 2.16. The maximum atomic E-state index is 11.5. The Kier molecular flexibility index (Phi) is 3.74. The Morgan fingerprint density at radius 1 is 1.37 bits per heavy atom. The van der Waals surface area contributed by atoms with Gasteiger partial charge in [0.05, 0.1) is 25.3 Å². The SMILES string of the molecule is COC(=O)Cc1nc2cc(OC)ccc2n1C(C)C. The van der Waals surface area contributed by atoms with Crippen molar-refractivity contribution in [2.24, 2.45) is 0 Å². The highest BCUT2D eigenvalue weighted by Crippen LogP contribution is 2.25. The summed E-state index contributed by atoms with van der Waals surface area (Å²) in [5.41, 5.74) is 1.82. The molecule has 102 valence electrons. The van der Waals surface area contributed by atoms with E-state index in [4.69, 9.17) is 9.47 Å². The highest BCUT2D eigenvalue weighted by molar-refractivity contribution is 5.80. The van der Waals surface area contributed by atoms with E-state index < -0.39 is 0 Å². The van der Waals surface area contributed by atoms with Gasteiger partial charge in [-0.15, -0.1) is 0 Å². The number of ether oxygens (including phenoxy) is 2. The molecule has 19 heavy (non-hydrogen) atoms. The van der Waals surface area contributed by atoms with Gasteiger partial charge in [0.2, 0.25) is 0 Å². The van der Waals surface area contributed by atoms with Crippen molar-refractivity contribution in [3.05, 3.63) is 24.0 Å². The van der Waals surface area contributed by atoms with E-state index in [-0.39, 0.29) is 18.4 Å². The molecule has 5 heteroatoms. The van der Waals surface area contributed by atoms with Gasteiger partial charge in [0.15, 0.2) is 0 Å². The van der Waals surface area contributed by atoms with Crippen molar-refractivity contribution >= 4 is 17.0 Å². The van der Waals surface area contributed by atoms with Crippen LogP contribution in [0.2, 0.25) is 0 Å². The van der Waals surface area contributed by atoms with Gasteiger partial charge in [0.1, 0.15) is 18.0 Å². The Morgan fingerprint density at radius 2 is 2.11 bits per heavy atom. The molecule has 0 aliphatic carbocycles. The molecular weight excluding hydrogens is 244 g/mol. The lowest BCUT2D eigenvalue weighted by molar-refractivity contribution is -0.139. The molecule has 0 radical (unpaired) electrons. The molecule has 0 spiro atoms. The molecule has 0 aliphatic heterocycles. The minimum absolute atomic E-state index is 0.172. The summed E-state index contributed by atoms with van der Waals surface area (Å²) in [5.74, 6) is 1.18. The smallest absolute Gasteiger partial charge is 0.313 e. The van der Waals surface area contributed by atoms with Crippen LogP contribution in [0.3, 0.4) is 0 Å². The fourth-order valence-corrected chi connectivity index (χ4v) is 2.16. The second-order valence-electron chi connectivity index (χ2n) is 4.60. The van der Waals surface area contributed by atoms with Gasteiger partial charge >= 0.3 is 5.97 Å². The average molecular weight is 262 g/mol. The first-order valence-electron chi connectivity index (χ1n) is 6.18. The Hall–Kier alpha value is -2.04. The fraction of sp³-hybridized carbons (Fsp3) is 0.429. The van der Waals surface area contributed by atoms with Gasteiger partial charge in [-0.05, 0) is 26.0 Å². The number of carbonyl (C=O) groups is 1. The molecule has 5 nitrogen and oxygen atoms in total. The van der Waals surface area contributed by atoms with E-state index >= 15 is 0 Å². The standard InChI is InChI=1S/C14H18N2O3/c1-9(2)16-12-6-5-10(18-3)7-11(12)15-13(16)8-14(17)19-4/h5-7,9H,8H2,1-4H3. The zero-order valence-electron chi connectivity index (χ0n) is 11.6. The summed E-state index contributed by atoms with van der Waals surface area (Å²) in [5, 5.41) is 0. The number of hydrogen-bond donors (Lipinski definition) is 0. The van der Waals surface area contributed by atoms with Crippen molar-refractivity contribution < 1.29 is 14.3 Å². The van der Waals surface area contributed by atoms with Crippen LogP contribution in [0.5, 0.6) is 5.75 Å². The fourth-order valence-electron chi connectivity index (χ4n) is 2.16. The van der Waals surface area contributed by atoms with E-state index in [0.717, 1.165) is 16.8 Å². The van der Waals surface area contributed by atoms with Crippen molar-refractivity contribution in [3.63, 3.8) is 0 Å². The molecule has 0 saturated carbocycles. The van der Waals surface area contributed by atoms with Crippen molar-refractivity contribution in [2.45, 2.75) is 26.3 Å². The van der Waals surface area contributed by atoms with Gasteiger partial charge in [0, 0.05) is 12.1 Å².